The Morgan fingerprint density at radius 1 is 1.05 bits per heavy atom. The first-order valence-electron chi connectivity index (χ1n) is 6.14. The summed E-state index contributed by atoms with van der Waals surface area (Å²) in [6.07, 6.45) is 1.71. The smallest absolute Gasteiger partial charge is 0.291 e. The van der Waals surface area contributed by atoms with E-state index in [1.54, 1.807) is 36.4 Å². The van der Waals surface area contributed by atoms with Crippen LogP contribution in [-0.2, 0) is 4.79 Å². The zero-order chi connectivity index (χ0) is 14.4. The molecule has 1 aromatic heterocycles. The Bertz CT molecular complexity index is 576. The van der Waals surface area contributed by atoms with Gasteiger partial charge in [0.25, 0.3) is 5.91 Å². The fourth-order valence-electron chi connectivity index (χ4n) is 1.59. The van der Waals surface area contributed by atoms with Gasteiger partial charge in [0.2, 0.25) is 5.91 Å². The first kappa shape index (κ1) is 13.8. The van der Waals surface area contributed by atoms with E-state index in [9.17, 15) is 9.59 Å². The number of benzene rings is 1. The molecule has 0 saturated heterocycles. The highest BCUT2D eigenvalue weighted by Gasteiger charge is 2.08. The Hall–Kier alpha value is -2.60. The van der Waals surface area contributed by atoms with Gasteiger partial charge in [-0.3, -0.25) is 9.59 Å². The molecule has 0 atom stereocenters. The van der Waals surface area contributed by atoms with Crippen molar-refractivity contribution in [2.75, 3.05) is 17.2 Å². The second kappa shape index (κ2) is 6.53. The van der Waals surface area contributed by atoms with E-state index >= 15 is 0 Å². The van der Waals surface area contributed by atoms with Crippen LogP contribution < -0.4 is 16.4 Å². The lowest BCUT2D eigenvalue weighted by Gasteiger charge is -2.06. The van der Waals surface area contributed by atoms with Crippen molar-refractivity contribution in [3.63, 3.8) is 0 Å². The highest BCUT2D eigenvalue weighted by Crippen LogP contribution is 2.15. The first-order chi connectivity index (χ1) is 9.69. The van der Waals surface area contributed by atoms with Gasteiger partial charge < -0.3 is 20.8 Å². The molecule has 4 N–H and O–H groups in total. The van der Waals surface area contributed by atoms with E-state index < -0.39 is 0 Å². The van der Waals surface area contributed by atoms with Gasteiger partial charge in [-0.1, -0.05) is 0 Å². The van der Waals surface area contributed by atoms with Crippen molar-refractivity contribution in [3.8, 4) is 0 Å². The fourth-order valence-corrected chi connectivity index (χ4v) is 1.59. The van der Waals surface area contributed by atoms with Crippen molar-refractivity contribution in [1.29, 1.82) is 0 Å². The molecular weight excluding hydrogens is 258 g/mol. The topological polar surface area (TPSA) is 97.4 Å². The van der Waals surface area contributed by atoms with Crippen molar-refractivity contribution in [1.82, 2.24) is 0 Å². The minimum Gasteiger partial charge on any atom is -0.459 e. The van der Waals surface area contributed by atoms with Crippen LogP contribution in [0.25, 0.3) is 0 Å². The molecule has 0 aliphatic carbocycles. The summed E-state index contributed by atoms with van der Waals surface area (Å²) >= 11 is 0. The van der Waals surface area contributed by atoms with Gasteiger partial charge >= 0.3 is 0 Å². The second-order valence-electron chi connectivity index (χ2n) is 4.10. The molecule has 0 radical (unpaired) electrons. The second-order valence-corrected chi connectivity index (χ2v) is 4.10. The van der Waals surface area contributed by atoms with Crippen molar-refractivity contribution >= 4 is 23.2 Å². The van der Waals surface area contributed by atoms with Gasteiger partial charge in [0.1, 0.15) is 0 Å². The number of nitrogens with one attached hydrogen (secondary N) is 2. The molecule has 6 heteroatoms. The summed E-state index contributed by atoms with van der Waals surface area (Å²) < 4.78 is 4.99. The van der Waals surface area contributed by atoms with E-state index in [0.717, 1.165) is 0 Å². The summed E-state index contributed by atoms with van der Waals surface area (Å²) in [5.74, 6) is -0.222. The van der Waals surface area contributed by atoms with Crippen molar-refractivity contribution in [2.45, 2.75) is 6.42 Å². The maximum atomic E-state index is 11.7. The Morgan fingerprint density at radius 2 is 1.70 bits per heavy atom. The average molecular weight is 273 g/mol. The Labute approximate surface area is 116 Å². The van der Waals surface area contributed by atoms with Crippen LogP contribution in [0.3, 0.4) is 0 Å². The summed E-state index contributed by atoms with van der Waals surface area (Å²) in [4.78, 5) is 23.1. The van der Waals surface area contributed by atoms with E-state index in [0.29, 0.717) is 17.9 Å². The lowest BCUT2D eigenvalue weighted by Crippen LogP contribution is -2.16. The molecule has 2 aromatic rings. The van der Waals surface area contributed by atoms with E-state index in [1.807, 2.05) is 0 Å². The minimum absolute atomic E-state index is 0.139. The molecule has 1 aromatic carbocycles. The summed E-state index contributed by atoms with van der Waals surface area (Å²) in [7, 11) is 0. The number of carbonyl (C=O) groups is 2. The van der Waals surface area contributed by atoms with Gasteiger partial charge in [0.15, 0.2) is 5.76 Å². The van der Waals surface area contributed by atoms with Crippen LogP contribution >= 0.6 is 0 Å². The van der Waals surface area contributed by atoms with Gasteiger partial charge in [-0.2, -0.15) is 0 Å². The molecule has 104 valence electrons. The van der Waals surface area contributed by atoms with E-state index in [1.165, 1.54) is 6.26 Å². The normalized spacial score (nSPS) is 10.1. The summed E-state index contributed by atoms with van der Waals surface area (Å²) in [5.41, 5.74) is 6.56. The molecule has 0 bridgehead atoms. The van der Waals surface area contributed by atoms with E-state index in [2.05, 4.69) is 10.6 Å². The third-order valence-corrected chi connectivity index (χ3v) is 2.54. The monoisotopic (exact) mass is 273 g/mol. The SMILES string of the molecule is NCCC(=O)Nc1ccc(NC(=O)c2ccco2)cc1. The molecule has 2 amide bonds. The fraction of sp³-hybridized carbons (Fsp3) is 0.143. The molecule has 6 nitrogen and oxygen atoms in total. The zero-order valence-electron chi connectivity index (χ0n) is 10.8. The highest BCUT2D eigenvalue weighted by atomic mass is 16.3. The summed E-state index contributed by atoms with van der Waals surface area (Å²) in [5, 5.41) is 5.39. The highest BCUT2D eigenvalue weighted by molar-refractivity contribution is 6.02. The number of hydrogen-bond acceptors (Lipinski definition) is 4. The molecular formula is C14H15N3O3. The first-order valence-corrected chi connectivity index (χ1v) is 6.14. The predicted molar refractivity (Wildman–Crippen MR) is 75.4 cm³/mol. The van der Waals surface area contributed by atoms with Crippen LogP contribution in [0.15, 0.2) is 47.1 Å². The van der Waals surface area contributed by atoms with Gasteiger partial charge in [-0.05, 0) is 36.4 Å². The van der Waals surface area contributed by atoms with Crippen LogP contribution in [0, 0.1) is 0 Å². The van der Waals surface area contributed by atoms with Crippen molar-refractivity contribution < 1.29 is 14.0 Å². The number of rotatable bonds is 5. The number of nitrogens with two attached hydrogens (primary N) is 1. The van der Waals surface area contributed by atoms with Crippen molar-refractivity contribution in [2.24, 2.45) is 5.73 Å². The minimum atomic E-state index is -0.324. The summed E-state index contributed by atoms with van der Waals surface area (Å²) in [6.45, 7) is 0.309. The average Bonchev–Trinajstić information content (AvgIpc) is 2.95. The van der Waals surface area contributed by atoms with Crippen LogP contribution in [-0.4, -0.2) is 18.4 Å². The van der Waals surface area contributed by atoms with Crippen LogP contribution in [0.4, 0.5) is 11.4 Å². The lowest BCUT2D eigenvalue weighted by atomic mass is 10.2. The number of furan rings is 1. The number of hydrogen-bond donors (Lipinski definition) is 3. The molecule has 0 spiro atoms. The molecule has 2 rings (SSSR count). The number of amides is 2. The quantitative estimate of drug-likeness (QED) is 0.774. The zero-order valence-corrected chi connectivity index (χ0v) is 10.8. The van der Waals surface area contributed by atoms with Gasteiger partial charge in [-0.15, -0.1) is 0 Å². The third-order valence-electron chi connectivity index (χ3n) is 2.54. The summed E-state index contributed by atoms with van der Waals surface area (Å²) in [6, 6.07) is 10.0. The predicted octanol–water partition coefficient (Wildman–Crippen LogP) is 1.82. The van der Waals surface area contributed by atoms with Crippen molar-refractivity contribution in [3.05, 3.63) is 48.4 Å². The van der Waals surface area contributed by atoms with Gasteiger partial charge in [0.05, 0.1) is 6.26 Å². The lowest BCUT2D eigenvalue weighted by molar-refractivity contribution is -0.116. The molecule has 20 heavy (non-hydrogen) atoms. The van der Waals surface area contributed by atoms with Crippen LogP contribution in [0.5, 0.6) is 0 Å². The maximum absolute atomic E-state index is 11.7. The molecule has 1 heterocycles. The molecule has 0 fully saturated rings. The van der Waals surface area contributed by atoms with E-state index in [4.69, 9.17) is 10.2 Å². The van der Waals surface area contributed by atoms with Gasteiger partial charge in [0, 0.05) is 24.3 Å². The van der Waals surface area contributed by atoms with E-state index in [-0.39, 0.29) is 24.0 Å². The van der Waals surface area contributed by atoms with Gasteiger partial charge in [-0.25, -0.2) is 0 Å². The Kier molecular flexibility index (Phi) is 4.52. The molecule has 0 aliphatic heterocycles. The standard InChI is InChI=1S/C14H15N3O3/c15-8-7-13(18)16-10-3-5-11(6-4-10)17-14(19)12-2-1-9-20-12/h1-6,9H,7-8,15H2,(H,16,18)(H,17,19). The Morgan fingerprint density at radius 3 is 2.25 bits per heavy atom. The van der Waals surface area contributed by atoms with Crippen LogP contribution in [0.2, 0.25) is 0 Å². The number of carbonyl (C=O) groups excluding carboxylic acids is 2. The molecule has 0 unspecified atom stereocenters. The molecule has 0 saturated carbocycles. The third kappa shape index (κ3) is 3.69. The number of anilines is 2. The van der Waals surface area contributed by atoms with Crippen LogP contribution in [0.1, 0.15) is 17.0 Å². The Balaban J connectivity index is 1.95. The largest absolute Gasteiger partial charge is 0.459 e. The maximum Gasteiger partial charge on any atom is 0.291 e. The molecule has 0 aliphatic rings.